The molecule has 0 unspecified atom stereocenters. The van der Waals surface area contributed by atoms with E-state index in [1.807, 2.05) is 18.2 Å². The molecule has 112 valence electrons. The maximum atomic E-state index is 12.2. The van der Waals surface area contributed by atoms with Crippen LogP contribution in [0.3, 0.4) is 0 Å². The number of aromatic nitrogens is 2. The Bertz CT molecular complexity index is 588. The largest absolute Gasteiger partial charge is 0.361 e. The third kappa shape index (κ3) is 4.95. The van der Waals surface area contributed by atoms with E-state index in [0.717, 1.165) is 12.7 Å². The Morgan fingerprint density at radius 1 is 1.24 bits per heavy atom. The number of carbonyl (C=O) groups is 1. The molecule has 0 amide bonds. The molecular formula is C16H22N2O2Si. The molecule has 0 aliphatic rings. The molecule has 1 aromatic heterocycles. The SMILES string of the molecule is C[Si](C)(C)CCOCn1cnc(C(=O)c2ccccc2)c1. The molecular weight excluding hydrogens is 280 g/mol. The summed E-state index contributed by atoms with van der Waals surface area (Å²) >= 11 is 0. The molecule has 0 radical (unpaired) electrons. The number of rotatable bonds is 7. The van der Waals surface area contributed by atoms with Crippen LogP contribution in [0.4, 0.5) is 0 Å². The number of ketones is 1. The number of hydrogen-bond acceptors (Lipinski definition) is 3. The van der Waals surface area contributed by atoms with Crippen molar-refractivity contribution in [1.29, 1.82) is 0 Å². The van der Waals surface area contributed by atoms with Crippen molar-refractivity contribution in [3.63, 3.8) is 0 Å². The standard InChI is InChI=1S/C16H22N2O2Si/c1-21(2,3)10-9-20-13-18-11-15(17-12-18)16(19)14-7-5-4-6-8-14/h4-8,11-12H,9-10,13H2,1-3H3. The first kappa shape index (κ1) is 15.7. The van der Waals surface area contributed by atoms with Crippen molar-refractivity contribution < 1.29 is 9.53 Å². The highest BCUT2D eigenvalue weighted by atomic mass is 28.3. The highest BCUT2D eigenvalue weighted by molar-refractivity contribution is 6.76. The van der Waals surface area contributed by atoms with E-state index in [1.165, 1.54) is 0 Å². The van der Waals surface area contributed by atoms with Gasteiger partial charge in [0.1, 0.15) is 12.4 Å². The average molecular weight is 302 g/mol. The quantitative estimate of drug-likeness (QED) is 0.447. The smallest absolute Gasteiger partial charge is 0.212 e. The fourth-order valence-electron chi connectivity index (χ4n) is 1.83. The lowest BCUT2D eigenvalue weighted by atomic mass is 10.1. The summed E-state index contributed by atoms with van der Waals surface area (Å²) in [6, 6.07) is 10.3. The topological polar surface area (TPSA) is 44.1 Å². The Balaban J connectivity index is 1.88. The highest BCUT2D eigenvalue weighted by Crippen LogP contribution is 2.09. The van der Waals surface area contributed by atoms with E-state index in [4.69, 9.17) is 4.74 Å². The monoisotopic (exact) mass is 302 g/mol. The normalized spacial score (nSPS) is 11.6. The summed E-state index contributed by atoms with van der Waals surface area (Å²) in [6.07, 6.45) is 3.38. The third-order valence-electron chi connectivity index (χ3n) is 3.14. The van der Waals surface area contributed by atoms with E-state index in [1.54, 1.807) is 29.2 Å². The van der Waals surface area contributed by atoms with Gasteiger partial charge in [-0.25, -0.2) is 4.98 Å². The molecule has 0 N–H and O–H groups in total. The van der Waals surface area contributed by atoms with E-state index in [-0.39, 0.29) is 5.78 Å². The van der Waals surface area contributed by atoms with Gasteiger partial charge in [0.2, 0.25) is 5.78 Å². The lowest BCUT2D eigenvalue weighted by Crippen LogP contribution is -2.21. The van der Waals surface area contributed by atoms with E-state index < -0.39 is 8.07 Å². The van der Waals surface area contributed by atoms with Gasteiger partial charge in [-0.2, -0.15) is 0 Å². The van der Waals surface area contributed by atoms with Crippen LogP contribution < -0.4 is 0 Å². The zero-order chi connectivity index (χ0) is 15.3. The first-order valence-corrected chi connectivity index (χ1v) is 10.9. The van der Waals surface area contributed by atoms with Gasteiger partial charge in [0, 0.05) is 26.4 Å². The molecule has 2 rings (SSSR count). The Hall–Kier alpha value is -1.72. The Morgan fingerprint density at radius 2 is 1.95 bits per heavy atom. The number of ether oxygens (including phenoxy) is 1. The fraction of sp³-hybridized carbons (Fsp3) is 0.375. The van der Waals surface area contributed by atoms with E-state index in [9.17, 15) is 4.79 Å². The Kier molecular flexibility index (Phi) is 5.09. The van der Waals surface area contributed by atoms with Gasteiger partial charge in [-0.1, -0.05) is 50.0 Å². The van der Waals surface area contributed by atoms with Crippen molar-refractivity contribution in [3.05, 3.63) is 54.1 Å². The molecule has 5 heteroatoms. The van der Waals surface area contributed by atoms with Gasteiger partial charge in [-0.3, -0.25) is 4.79 Å². The molecule has 1 heterocycles. The molecule has 0 bridgehead atoms. The molecule has 0 fully saturated rings. The van der Waals surface area contributed by atoms with Crippen LogP contribution in [0.15, 0.2) is 42.9 Å². The molecule has 4 nitrogen and oxygen atoms in total. The van der Waals surface area contributed by atoms with Crippen LogP contribution in [0.2, 0.25) is 25.7 Å². The molecule has 21 heavy (non-hydrogen) atoms. The van der Waals surface area contributed by atoms with Gasteiger partial charge >= 0.3 is 0 Å². The van der Waals surface area contributed by atoms with Crippen molar-refractivity contribution in [2.45, 2.75) is 32.4 Å². The fourth-order valence-corrected chi connectivity index (χ4v) is 2.59. The predicted octanol–water partition coefficient (Wildman–Crippen LogP) is 3.43. The average Bonchev–Trinajstić information content (AvgIpc) is 2.91. The maximum Gasteiger partial charge on any atom is 0.212 e. The molecule has 0 spiro atoms. The molecule has 0 saturated heterocycles. The summed E-state index contributed by atoms with van der Waals surface area (Å²) in [6.45, 7) is 8.17. The third-order valence-corrected chi connectivity index (χ3v) is 4.84. The summed E-state index contributed by atoms with van der Waals surface area (Å²) in [4.78, 5) is 16.4. The van der Waals surface area contributed by atoms with Crippen LogP contribution in [-0.2, 0) is 11.5 Å². The van der Waals surface area contributed by atoms with Crippen molar-refractivity contribution in [1.82, 2.24) is 9.55 Å². The van der Waals surface area contributed by atoms with Crippen molar-refractivity contribution in [2.75, 3.05) is 6.61 Å². The van der Waals surface area contributed by atoms with Gasteiger partial charge in [-0.05, 0) is 6.04 Å². The van der Waals surface area contributed by atoms with Crippen LogP contribution in [-0.4, -0.2) is 30.0 Å². The second kappa shape index (κ2) is 6.82. The van der Waals surface area contributed by atoms with Crippen LogP contribution in [0.5, 0.6) is 0 Å². The second-order valence-corrected chi connectivity index (χ2v) is 11.9. The lowest BCUT2D eigenvalue weighted by molar-refractivity contribution is 0.0870. The van der Waals surface area contributed by atoms with Crippen molar-refractivity contribution >= 4 is 13.9 Å². The molecule has 2 aromatic rings. The lowest BCUT2D eigenvalue weighted by Gasteiger charge is -2.15. The number of carbonyl (C=O) groups excluding carboxylic acids is 1. The van der Waals surface area contributed by atoms with E-state index >= 15 is 0 Å². The summed E-state index contributed by atoms with van der Waals surface area (Å²) < 4.78 is 7.45. The van der Waals surface area contributed by atoms with Crippen LogP contribution in [0.25, 0.3) is 0 Å². The molecule has 1 aromatic carbocycles. The molecule has 0 saturated carbocycles. The number of nitrogens with zero attached hydrogens (tertiary/aromatic N) is 2. The van der Waals surface area contributed by atoms with Crippen molar-refractivity contribution in [2.24, 2.45) is 0 Å². The van der Waals surface area contributed by atoms with Gasteiger partial charge in [0.05, 0.1) is 6.33 Å². The van der Waals surface area contributed by atoms with Crippen LogP contribution in [0.1, 0.15) is 16.1 Å². The van der Waals surface area contributed by atoms with E-state index in [2.05, 4.69) is 24.6 Å². The first-order chi connectivity index (χ1) is 9.96. The maximum absolute atomic E-state index is 12.2. The van der Waals surface area contributed by atoms with Crippen LogP contribution in [0, 0.1) is 0 Å². The molecule has 0 aliphatic heterocycles. The number of imidazole rings is 1. The van der Waals surface area contributed by atoms with Crippen molar-refractivity contribution in [3.8, 4) is 0 Å². The van der Waals surface area contributed by atoms with E-state index in [0.29, 0.717) is 18.0 Å². The zero-order valence-corrected chi connectivity index (χ0v) is 13.9. The zero-order valence-electron chi connectivity index (χ0n) is 12.9. The minimum absolute atomic E-state index is 0.0588. The minimum Gasteiger partial charge on any atom is -0.361 e. The second-order valence-electron chi connectivity index (χ2n) is 6.32. The summed E-state index contributed by atoms with van der Waals surface area (Å²) in [7, 11) is -1.06. The van der Waals surface area contributed by atoms with Gasteiger partial charge < -0.3 is 9.30 Å². The summed E-state index contributed by atoms with van der Waals surface area (Å²) in [5.41, 5.74) is 1.11. The molecule has 0 aliphatic carbocycles. The van der Waals surface area contributed by atoms with Gasteiger partial charge in [-0.15, -0.1) is 0 Å². The highest BCUT2D eigenvalue weighted by Gasteiger charge is 2.13. The predicted molar refractivity (Wildman–Crippen MR) is 86.2 cm³/mol. The summed E-state index contributed by atoms with van der Waals surface area (Å²) in [5, 5.41) is 0. The minimum atomic E-state index is -1.06. The first-order valence-electron chi connectivity index (χ1n) is 7.15. The Morgan fingerprint density at radius 3 is 2.62 bits per heavy atom. The van der Waals surface area contributed by atoms with Gasteiger partial charge in [0.25, 0.3) is 0 Å². The Labute approximate surface area is 126 Å². The number of hydrogen-bond donors (Lipinski definition) is 0. The van der Waals surface area contributed by atoms with Crippen LogP contribution >= 0.6 is 0 Å². The van der Waals surface area contributed by atoms with Gasteiger partial charge in [0.15, 0.2) is 0 Å². The number of benzene rings is 1. The molecule has 0 atom stereocenters. The summed E-state index contributed by atoms with van der Waals surface area (Å²) in [5.74, 6) is -0.0588.